The summed E-state index contributed by atoms with van der Waals surface area (Å²) >= 11 is 0. The molecule has 3 aromatic carbocycles. The van der Waals surface area contributed by atoms with Crippen molar-refractivity contribution in [1.29, 1.82) is 0 Å². The molecule has 0 radical (unpaired) electrons. The van der Waals surface area contributed by atoms with E-state index in [-0.39, 0.29) is 16.3 Å². The molecule has 0 heterocycles. The highest BCUT2D eigenvalue weighted by atomic mass is 32.2. The van der Waals surface area contributed by atoms with Gasteiger partial charge in [-0.25, -0.2) is 17.6 Å². The number of hydrogen-bond acceptors (Lipinski definition) is 6. The van der Waals surface area contributed by atoms with Gasteiger partial charge in [0.15, 0.2) is 0 Å². The van der Waals surface area contributed by atoms with Gasteiger partial charge in [-0.2, -0.15) is 4.31 Å². The van der Waals surface area contributed by atoms with Gasteiger partial charge in [0, 0.05) is 12.1 Å². The maximum Gasteiger partial charge on any atom is 0.429 e. The lowest BCUT2D eigenvalue weighted by Crippen LogP contribution is -2.41. The predicted molar refractivity (Wildman–Crippen MR) is 121 cm³/mol. The van der Waals surface area contributed by atoms with Crippen molar-refractivity contribution < 1.29 is 27.3 Å². The highest BCUT2D eigenvalue weighted by molar-refractivity contribution is 7.93. The predicted octanol–water partition coefficient (Wildman–Crippen LogP) is 5.53. The van der Waals surface area contributed by atoms with E-state index < -0.39 is 32.5 Å². The Morgan fingerprint density at radius 2 is 1.58 bits per heavy atom. The lowest BCUT2D eigenvalue weighted by Gasteiger charge is -2.27. The monoisotopic (exact) mass is 472 g/mol. The summed E-state index contributed by atoms with van der Waals surface area (Å²) in [5.74, 6) is -0.434. The standard InChI is InChI=1S/C23H21FN2O6S/c1-23(2,3)32-22(27)25(19-11-13-20(14-12-19)26(28)29)33(30,31)21-6-4-5-17(15-21)16-7-9-18(24)10-8-16/h4-15H,1-3H3. The molecule has 0 saturated heterocycles. The van der Waals surface area contributed by atoms with Crippen LogP contribution in [0.1, 0.15) is 20.8 Å². The molecule has 1 amide bonds. The smallest absolute Gasteiger partial charge is 0.429 e. The van der Waals surface area contributed by atoms with Gasteiger partial charge in [0.1, 0.15) is 11.4 Å². The number of benzene rings is 3. The summed E-state index contributed by atoms with van der Waals surface area (Å²) in [6, 6.07) is 15.8. The summed E-state index contributed by atoms with van der Waals surface area (Å²) in [4.78, 5) is 23.1. The summed E-state index contributed by atoms with van der Waals surface area (Å²) < 4.78 is 46.1. The van der Waals surface area contributed by atoms with E-state index >= 15 is 0 Å². The topological polar surface area (TPSA) is 107 Å². The van der Waals surface area contributed by atoms with Crippen LogP contribution in [0.4, 0.5) is 20.6 Å². The van der Waals surface area contributed by atoms with Gasteiger partial charge in [0.2, 0.25) is 0 Å². The lowest BCUT2D eigenvalue weighted by atomic mass is 10.1. The Labute approximate surface area is 190 Å². The fraction of sp³-hybridized carbons (Fsp3) is 0.174. The number of nitro benzene ring substituents is 1. The first kappa shape index (κ1) is 23.9. The van der Waals surface area contributed by atoms with Crippen LogP contribution >= 0.6 is 0 Å². The molecule has 0 unspecified atom stereocenters. The largest absolute Gasteiger partial charge is 0.443 e. The average molecular weight is 472 g/mol. The molecular formula is C23H21FN2O6S. The van der Waals surface area contributed by atoms with Crippen molar-refractivity contribution >= 4 is 27.5 Å². The zero-order valence-corrected chi connectivity index (χ0v) is 18.9. The molecule has 0 aliphatic rings. The minimum Gasteiger partial charge on any atom is -0.443 e. The number of nitrogens with zero attached hydrogens (tertiary/aromatic N) is 2. The minimum absolute atomic E-state index is 0.123. The van der Waals surface area contributed by atoms with E-state index in [0.29, 0.717) is 15.4 Å². The lowest BCUT2D eigenvalue weighted by molar-refractivity contribution is -0.384. The second-order valence-corrected chi connectivity index (χ2v) is 9.84. The number of amides is 1. The highest BCUT2D eigenvalue weighted by Crippen LogP contribution is 2.30. The van der Waals surface area contributed by atoms with Gasteiger partial charge >= 0.3 is 6.09 Å². The number of rotatable bonds is 5. The van der Waals surface area contributed by atoms with Crippen molar-refractivity contribution in [3.63, 3.8) is 0 Å². The number of non-ortho nitro benzene ring substituents is 1. The van der Waals surface area contributed by atoms with Gasteiger partial charge in [-0.3, -0.25) is 10.1 Å². The Bertz CT molecular complexity index is 1280. The molecule has 8 nitrogen and oxygen atoms in total. The Hall–Kier alpha value is -3.79. The van der Waals surface area contributed by atoms with Crippen molar-refractivity contribution in [2.75, 3.05) is 4.31 Å². The highest BCUT2D eigenvalue weighted by Gasteiger charge is 2.35. The van der Waals surface area contributed by atoms with Crippen LogP contribution in [0.3, 0.4) is 0 Å². The van der Waals surface area contributed by atoms with Crippen LogP contribution in [0, 0.1) is 15.9 Å². The molecule has 0 N–H and O–H groups in total. The molecule has 0 fully saturated rings. The molecule has 33 heavy (non-hydrogen) atoms. The molecule has 0 saturated carbocycles. The summed E-state index contributed by atoms with van der Waals surface area (Å²) in [6.45, 7) is 4.75. The van der Waals surface area contributed by atoms with Gasteiger partial charge in [0.05, 0.1) is 15.5 Å². The Morgan fingerprint density at radius 1 is 0.970 bits per heavy atom. The van der Waals surface area contributed by atoms with Crippen molar-refractivity contribution in [1.82, 2.24) is 0 Å². The number of carbonyl (C=O) groups excluding carboxylic acids is 1. The van der Waals surface area contributed by atoms with Crippen LogP contribution in [0.2, 0.25) is 0 Å². The minimum atomic E-state index is -4.48. The fourth-order valence-corrected chi connectivity index (χ4v) is 4.31. The number of hydrogen-bond donors (Lipinski definition) is 0. The Kier molecular flexibility index (Phi) is 6.50. The molecule has 172 valence electrons. The second kappa shape index (κ2) is 8.99. The zero-order valence-electron chi connectivity index (χ0n) is 18.1. The summed E-state index contributed by atoms with van der Waals surface area (Å²) in [6.07, 6.45) is -1.16. The third-order valence-corrected chi connectivity index (χ3v) is 6.09. The van der Waals surface area contributed by atoms with Crippen molar-refractivity contribution in [2.24, 2.45) is 0 Å². The van der Waals surface area contributed by atoms with Gasteiger partial charge in [0.25, 0.3) is 15.7 Å². The van der Waals surface area contributed by atoms with Crippen LogP contribution < -0.4 is 4.31 Å². The number of carbonyl (C=O) groups is 1. The fourth-order valence-electron chi connectivity index (χ4n) is 2.94. The third-order valence-electron chi connectivity index (χ3n) is 4.40. The van der Waals surface area contributed by atoms with Gasteiger partial charge < -0.3 is 4.74 Å². The third kappa shape index (κ3) is 5.53. The normalized spacial score (nSPS) is 11.6. The van der Waals surface area contributed by atoms with Crippen molar-refractivity contribution in [2.45, 2.75) is 31.3 Å². The van der Waals surface area contributed by atoms with Crippen LogP contribution in [-0.2, 0) is 14.8 Å². The van der Waals surface area contributed by atoms with Crippen LogP contribution in [0.5, 0.6) is 0 Å². The first-order valence-corrected chi connectivity index (χ1v) is 11.2. The van der Waals surface area contributed by atoms with Crippen LogP contribution in [0.15, 0.2) is 77.7 Å². The van der Waals surface area contributed by atoms with Crippen LogP contribution in [0.25, 0.3) is 11.1 Å². The van der Waals surface area contributed by atoms with Gasteiger partial charge in [-0.1, -0.05) is 24.3 Å². The summed E-state index contributed by atoms with van der Waals surface area (Å²) in [5.41, 5.74) is -0.321. The molecular weight excluding hydrogens is 451 g/mol. The van der Waals surface area contributed by atoms with E-state index in [9.17, 15) is 27.7 Å². The van der Waals surface area contributed by atoms with E-state index in [1.807, 2.05) is 0 Å². The Balaban J connectivity index is 2.10. The quantitative estimate of drug-likeness (QED) is 0.357. The number of anilines is 1. The first-order valence-electron chi connectivity index (χ1n) is 9.77. The summed E-state index contributed by atoms with van der Waals surface area (Å²) in [7, 11) is -4.48. The van der Waals surface area contributed by atoms with Crippen molar-refractivity contribution in [3.05, 3.63) is 88.7 Å². The zero-order chi connectivity index (χ0) is 24.4. The molecule has 3 rings (SSSR count). The number of nitro groups is 1. The van der Waals surface area contributed by atoms with Gasteiger partial charge in [-0.05, 0) is 68.3 Å². The van der Waals surface area contributed by atoms with E-state index in [4.69, 9.17) is 4.74 Å². The van der Waals surface area contributed by atoms with E-state index in [1.54, 1.807) is 26.8 Å². The molecule has 0 spiro atoms. The van der Waals surface area contributed by atoms with Crippen LogP contribution in [-0.4, -0.2) is 25.0 Å². The SMILES string of the molecule is CC(C)(C)OC(=O)N(c1ccc([N+](=O)[O-])cc1)S(=O)(=O)c1cccc(-c2ccc(F)cc2)c1. The second-order valence-electron chi connectivity index (χ2n) is 8.06. The van der Waals surface area contributed by atoms with Crippen molar-refractivity contribution in [3.8, 4) is 11.1 Å². The first-order chi connectivity index (χ1) is 15.4. The number of ether oxygens (including phenoxy) is 1. The maximum atomic E-state index is 13.5. The van der Waals surface area contributed by atoms with Gasteiger partial charge in [-0.15, -0.1) is 0 Å². The Morgan fingerprint density at radius 3 is 2.12 bits per heavy atom. The molecule has 0 aliphatic carbocycles. The molecule has 10 heteroatoms. The van der Waals surface area contributed by atoms with E-state index in [0.717, 1.165) is 24.3 Å². The molecule has 0 bridgehead atoms. The van der Waals surface area contributed by atoms with E-state index in [1.165, 1.54) is 42.5 Å². The molecule has 3 aromatic rings. The molecule has 0 aromatic heterocycles. The average Bonchev–Trinajstić information content (AvgIpc) is 2.73. The maximum absolute atomic E-state index is 13.5. The van der Waals surface area contributed by atoms with E-state index in [2.05, 4.69) is 0 Å². The number of sulfonamides is 1. The number of halogens is 1. The molecule has 0 aliphatic heterocycles. The molecule has 0 atom stereocenters. The summed E-state index contributed by atoms with van der Waals surface area (Å²) in [5, 5.41) is 11.0.